The van der Waals surface area contributed by atoms with E-state index in [9.17, 15) is 0 Å². The summed E-state index contributed by atoms with van der Waals surface area (Å²) >= 11 is 0. The Labute approximate surface area is 112 Å². The van der Waals surface area contributed by atoms with Gasteiger partial charge in [-0.15, -0.1) is 0 Å². The Balaban J connectivity index is 2.68. The zero-order chi connectivity index (χ0) is 13.4. The summed E-state index contributed by atoms with van der Waals surface area (Å²) in [5.74, 6) is 0. The fourth-order valence-corrected chi connectivity index (χ4v) is 2.22. The average molecular weight is 249 g/mol. The molecule has 3 heteroatoms. The van der Waals surface area contributed by atoms with Crippen LogP contribution in [0.2, 0.25) is 0 Å². The number of nitrogens with one attached hydrogen (secondary N) is 1. The van der Waals surface area contributed by atoms with Crippen molar-refractivity contribution in [3.8, 4) is 0 Å². The monoisotopic (exact) mass is 249 g/mol. The Morgan fingerprint density at radius 3 is 2.61 bits per heavy atom. The number of nitrogens with zero attached hydrogens (tertiary/aromatic N) is 2. The Hall–Kier alpha value is -1.09. The van der Waals surface area contributed by atoms with Crippen LogP contribution < -0.4 is 10.2 Å². The largest absolute Gasteiger partial charge is 0.372 e. The molecule has 3 nitrogen and oxygen atoms in total. The van der Waals surface area contributed by atoms with Crippen molar-refractivity contribution >= 4 is 5.69 Å². The first-order chi connectivity index (χ1) is 8.72. The number of aromatic nitrogens is 1. The fourth-order valence-electron chi connectivity index (χ4n) is 2.22. The van der Waals surface area contributed by atoms with E-state index >= 15 is 0 Å². The molecule has 1 N–H and O–H groups in total. The number of hydrogen-bond donors (Lipinski definition) is 1. The van der Waals surface area contributed by atoms with Crippen LogP contribution in [0.1, 0.15) is 45.7 Å². The van der Waals surface area contributed by atoms with Crippen LogP contribution in [0.3, 0.4) is 0 Å². The molecule has 0 unspecified atom stereocenters. The van der Waals surface area contributed by atoms with Crippen LogP contribution in [0.25, 0.3) is 0 Å². The van der Waals surface area contributed by atoms with Gasteiger partial charge in [0.05, 0.1) is 5.69 Å². The predicted molar refractivity (Wildman–Crippen MR) is 79.0 cm³/mol. The van der Waals surface area contributed by atoms with Gasteiger partial charge in [-0.1, -0.05) is 20.8 Å². The van der Waals surface area contributed by atoms with E-state index in [0.29, 0.717) is 6.04 Å². The molecule has 0 aromatic carbocycles. The summed E-state index contributed by atoms with van der Waals surface area (Å²) in [5.41, 5.74) is 2.39. The van der Waals surface area contributed by atoms with E-state index in [1.807, 2.05) is 6.20 Å². The van der Waals surface area contributed by atoms with Gasteiger partial charge < -0.3 is 10.2 Å². The number of hydrogen-bond acceptors (Lipinski definition) is 3. The van der Waals surface area contributed by atoms with Gasteiger partial charge in [-0.3, -0.25) is 4.98 Å². The molecule has 0 bridgehead atoms. The van der Waals surface area contributed by atoms with Crippen LogP contribution in [-0.4, -0.2) is 24.6 Å². The molecule has 0 saturated carbocycles. The van der Waals surface area contributed by atoms with Crippen molar-refractivity contribution in [2.75, 3.05) is 18.5 Å². The molecule has 18 heavy (non-hydrogen) atoms. The molecule has 0 atom stereocenters. The SMILES string of the molecule is CCCNCc1cc(N(C)C(CC)CC)ccn1. The van der Waals surface area contributed by atoms with Gasteiger partial charge in [0.15, 0.2) is 0 Å². The molecule has 1 heterocycles. The second kappa shape index (κ2) is 8.09. The van der Waals surface area contributed by atoms with E-state index in [0.717, 1.165) is 25.2 Å². The van der Waals surface area contributed by atoms with Gasteiger partial charge in [-0.05, 0) is 37.9 Å². The standard InChI is InChI=1S/C15H27N3/c1-5-9-16-12-13-11-15(8-10-17-13)18(4)14(6-2)7-3/h8,10-11,14,16H,5-7,9,12H2,1-4H3. The second-order valence-electron chi connectivity index (χ2n) is 4.76. The zero-order valence-electron chi connectivity index (χ0n) is 12.2. The maximum Gasteiger partial charge on any atom is 0.0562 e. The maximum absolute atomic E-state index is 4.42. The van der Waals surface area contributed by atoms with E-state index in [2.05, 4.69) is 55.2 Å². The molecule has 0 saturated heterocycles. The lowest BCUT2D eigenvalue weighted by molar-refractivity contribution is 0.590. The minimum Gasteiger partial charge on any atom is -0.372 e. The summed E-state index contributed by atoms with van der Waals surface area (Å²) in [5, 5.41) is 3.39. The molecule has 1 aromatic rings. The lowest BCUT2D eigenvalue weighted by atomic mass is 10.1. The van der Waals surface area contributed by atoms with Crippen LogP contribution in [0.15, 0.2) is 18.3 Å². The van der Waals surface area contributed by atoms with Crippen molar-refractivity contribution in [2.45, 2.75) is 52.6 Å². The lowest BCUT2D eigenvalue weighted by Gasteiger charge is -2.28. The van der Waals surface area contributed by atoms with Crippen molar-refractivity contribution in [1.82, 2.24) is 10.3 Å². The lowest BCUT2D eigenvalue weighted by Crippen LogP contribution is -2.30. The Bertz CT molecular complexity index is 334. The fraction of sp³-hybridized carbons (Fsp3) is 0.667. The molecule has 102 valence electrons. The van der Waals surface area contributed by atoms with E-state index in [1.54, 1.807) is 0 Å². The molecule has 0 fully saturated rings. The third kappa shape index (κ3) is 4.30. The minimum absolute atomic E-state index is 0.615. The van der Waals surface area contributed by atoms with Gasteiger partial charge in [0.2, 0.25) is 0 Å². The summed E-state index contributed by atoms with van der Waals surface area (Å²) in [6, 6.07) is 4.91. The highest BCUT2D eigenvalue weighted by Crippen LogP contribution is 2.18. The quantitative estimate of drug-likeness (QED) is 0.717. The smallest absolute Gasteiger partial charge is 0.0562 e. The maximum atomic E-state index is 4.42. The third-order valence-electron chi connectivity index (χ3n) is 3.43. The number of rotatable bonds is 8. The van der Waals surface area contributed by atoms with Crippen molar-refractivity contribution in [2.24, 2.45) is 0 Å². The summed E-state index contributed by atoms with van der Waals surface area (Å²) < 4.78 is 0. The highest BCUT2D eigenvalue weighted by molar-refractivity contribution is 5.46. The zero-order valence-corrected chi connectivity index (χ0v) is 12.2. The van der Waals surface area contributed by atoms with Crippen molar-refractivity contribution in [3.05, 3.63) is 24.0 Å². The van der Waals surface area contributed by atoms with Gasteiger partial charge in [-0.25, -0.2) is 0 Å². The van der Waals surface area contributed by atoms with Crippen molar-refractivity contribution < 1.29 is 0 Å². The first-order valence-corrected chi connectivity index (χ1v) is 7.11. The van der Waals surface area contributed by atoms with Gasteiger partial charge in [0.25, 0.3) is 0 Å². The summed E-state index contributed by atoms with van der Waals surface area (Å²) in [6.45, 7) is 8.58. The minimum atomic E-state index is 0.615. The van der Waals surface area contributed by atoms with E-state index in [4.69, 9.17) is 0 Å². The molecule has 1 rings (SSSR count). The molecule has 0 aliphatic carbocycles. The Morgan fingerprint density at radius 1 is 1.28 bits per heavy atom. The molecule has 0 radical (unpaired) electrons. The van der Waals surface area contributed by atoms with Crippen LogP contribution in [0.4, 0.5) is 5.69 Å². The number of pyridine rings is 1. The highest BCUT2D eigenvalue weighted by Gasteiger charge is 2.11. The summed E-state index contributed by atoms with van der Waals surface area (Å²) in [6.07, 6.45) is 5.43. The first-order valence-electron chi connectivity index (χ1n) is 7.11. The van der Waals surface area contributed by atoms with Crippen LogP contribution in [0.5, 0.6) is 0 Å². The third-order valence-corrected chi connectivity index (χ3v) is 3.43. The molecule has 1 aromatic heterocycles. The van der Waals surface area contributed by atoms with Crippen LogP contribution >= 0.6 is 0 Å². The molecule has 0 spiro atoms. The molecular weight excluding hydrogens is 222 g/mol. The topological polar surface area (TPSA) is 28.2 Å². The predicted octanol–water partition coefficient (Wildman–Crippen LogP) is 3.21. The Morgan fingerprint density at radius 2 is 2.00 bits per heavy atom. The van der Waals surface area contributed by atoms with Crippen molar-refractivity contribution in [3.63, 3.8) is 0 Å². The first kappa shape index (κ1) is 15.0. The van der Waals surface area contributed by atoms with E-state index in [-0.39, 0.29) is 0 Å². The van der Waals surface area contributed by atoms with E-state index in [1.165, 1.54) is 18.5 Å². The number of anilines is 1. The van der Waals surface area contributed by atoms with Gasteiger partial charge >= 0.3 is 0 Å². The highest BCUT2D eigenvalue weighted by atomic mass is 15.1. The molecule has 0 aliphatic rings. The van der Waals surface area contributed by atoms with Gasteiger partial charge in [-0.2, -0.15) is 0 Å². The molecule has 0 amide bonds. The van der Waals surface area contributed by atoms with Gasteiger partial charge in [0, 0.05) is 31.5 Å². The second-order valence-corrected chi connectivity index (χ2v) is 4.76. The van der Waals surface area contributed by atoms with Crippen LogP contribution in [-0.2, 0) is 6.54 Å². The summed E-state index contributed by atoms with van der Waals surface area (Å²) in [7, 11) is 2.18. The van der Waals surface area contributed by atoms with Crippen LogP contribution in [0, 0.1) is 0 Å². The summed E-state index contributed by atoms with van der Waals surface area (Å²) in [4.78, 5) is 6.78. The van der Waals surface area contributed by atoms with Gasteiger partial charge in [0.1, 0.15) is 0 Å². The average Bonchev–Trinajstić information content (AvgIpc) is 2.41. The Kier molecular flexibility index (Phi) is 6.73. The normalized spacial score (nSPS) is 10.9. The molecule has 0 aliphatic heterocycles. The van der Waals surface area contributed by atoms with Crippen molar-refractivity contribution in [1.29, 1.82) is 0 Å². The molecular formula is C15H27N3. The van der Waals surface area contributed by atoms with E-state index < -0.39 is 0 Å².